The largest absolute Gasteiger partial charge is 0.314 e. The number of hydrogen-bond donors (Lipinski definition) is 3. The molecule has 16 heavy (non-hydrogen) atoms. The molecule has 0 amide bonds. The summed E-state index contributed by atoms with van der Waals surface area (Å²) >= 11 is 0. The summed E-state index contributed by atoms with van der Waals surface area (Å²) in [6, 6.07) is 8.63. The van der Waals surface area contributed by atoms with Gasteiger partial charge < -0.3 is 16.0 Å². The van der Waals surface area contributed by atoms with Crippen LogP contribution in [0.4, 0.5) is 0 Å². The summed E-state index contributed by atoms with van der Waals surface area (Å²) in [5.74, 6) is 0. The quantitative estimate of drug-likeness (QED) is 0.595. The number of benzene rings is 1. The standard InChI is InChI=1S/C9H11N.C4H10N2/c1-2-4-9-7-10-6-5-8(9)3-1;1-2-6-4-3-5-1/h1-4,10H,5-7H2;5-6H,1-4H2. The van der Waals surface area contributed by atoms with Gasteiger partial charge in [-0.2, -0.15) is 0 Å². The minimum absolute atomic E-state index is 1.05. The molecule has 2 aliphatic rings. The molecular formula is C13H21N3. The number of piperazine rings is 1. The Hall–Kier alpha value is -0.900. The third kappa shape index (κ3) is 3.59. The van der Waals surface area contributed by atoms with E-state index in [0.717, 1.165) is 39.3 Å². The van der Waals surface area contributed by atoms with Gasteiger partial charge >= 0.3 is 0 Å². The van der Waals surface area contributed by atoms with Gasteiger partial charge in [-0.1, -0.05) is 24.3 Å². The van der Waals surface area contributed by atoms with E-state index in [0.29, 0.717) is 0 Å². The van der Waals surface area contributed by atoms with Crippen LogP contribution in [0, 0.1) is 0 Å². The zero-order chi connectivity index (χ0) is 11.1. The summed E-state index contributed by atoms with van der Waals surface area (Å²) in [6.45, 7) is 6.74. The third-order valence-electron chi connectivity index (χ3n) is 2.96. The highest BCUT2D eigenvalue weighted by molar-refractivity contribution is 5.28. The molecule has 0 saturated carbocycles. The van der Waals surface area contributed by atoms with Gasteiger partial charge in [-0.25, -0.2) is 0 Å². The van der Waals surface area contributed by atoms with Gasteiger partial charge in [-0.05, 0) is 24.1 Å². The maximum atomic E-state index is 3.34. The van der Waals surface area contributed by atoms with Crippen molar-refractivity contribution >= 4 is 0 Å². The first-order chi connectivity index (χ1) is 7.97. The van der Waals surface area contributed by atoms with E-state index in [2.05, 4.69) is 40.2 Å². The first-order valence-electron chi connectivity index (χ1n) is 6.16. The van der Waals surface area contributed by atoms with Crippen molar-refractivity contribution in [1.29, 1.82) is 0 Å². The molecule has 2 aliphatic heterocycles. The Bertz CT molecular complexity index is 271. The maximum Gasteiger partial charge on any atom is 0.0208 e. The normalized spacial score (nSPS) is 19.2. The molecule has 3 N–H and O–H groups in total. The molecule has 3 heteroatoms. The lowest BCUT2D eigenvalue weighted by Crippen LogP contribution is -2.39. The first kappa shape index (κ1) is 11.6. The van der Waals surface area contributed by atoms with E-state index in [9.17, 15) is 0 Å². The molecule has 0 aliphatic carbocycles. The van der Waals surface area contributed by atoms with Crippen molar-refractivity contribution in [3.63, 3.8) is 0 Å². The molecule has 3 rings (SSSR count). The Morgan fingerprint density at radius 3 is 1.88 bits per heavy atom. The first-order valence-corrected chi connectivity index (χ1v) is 6.16. The minimum atomic E-state index is 1.05. The van der Waals surface area contributed by atoms with Gasteiger partial charge in [-0.15, -0.1) is 0 Å². The zero-order valence-corrected chi connectivity index (χ0v) is 9.76. The minimum Gasteiger partial charge on any atom is -0.314 e. The highest BCUT2D eigenvalue weighted by Crippen LogP contribution is 2.11. The van der Waals surface area contributed by atoms with Crippen molar-refractivity contribution in [1.82, 2.24) is 16.0 Å². The molecule has 0 spiro atoms. The summed E-state index contributed by atoms with van der Waals surface area (Å²) in [4.78, 5) is 0. The number of fused-ring (bicyclic) bond motifs is 1. The predicted molar refractivity (Wildman–Crippen MR) is 67.6 cm³/mol. The fraction of sp³-hybridized carbons (Fsp3) is 0.538. The Morgan fingerprint density at radius 1 is 0.688 bits per heavy atom. The summed E-state index contributed by atoms with van der Waals surface area (Å²) < 4.78 is 0. The highest BCUT2D eigenvalue weighted by Gasteiger charge is 2.05. The van der Waals surface area contributed by atoms with Crippen molar-refractivity contribution in [3.8, 4) is 0 Å². The lowest BCUT2D eigenvalue weighted by Gasteiger charge is -2.15. The molecule has 0 aromatic heterocycles. The van der Waals surface area contributed by atoms with E-state index in [4.69, 9.17) is 0 Å². The number of nitrogens with one attached hydrogen (secondary N) is 3. The molecular weight excluding hydrogens is 198 g/mol. The van der Waals surface area contributed by atoms with Crippen molar-refractivity contribution in [3.05, 3.63) is 35.4 Å². The summed E-state index contributed by atoms with van der Waals surface area (Å²) in [5, 5.41) is 9.79. The second-order valence-corrected chi connectivity index (χ2v) is 4.20. The number of hydrogen-bond acceptors (Lipinski definition) is 3. The smallest absolute Gasteiger partial charge is 0.0208 e. The molecule has 2 heterocycles. The number of rotatable bonds is 0. The van der Waals surface area contributed by atoms with Gasteiger partial charge in [0.1, 0.15) is 0 Å². The topological polar surface area (TPSA) is 36.1 Å². The van der Waals surface area contributed by atoms with Crippen LogP contribution in [0.1, 0.15) is 11.1 Å². The molecule has 1 fully saturated rings. The lowest BCUT2D eigenvalue weighted by molar-refractivity contribution is 0.534. The Kier molecular flexibility index (Phi) is 4.80. The molecule has 0 unspecified atom stereocenters. The monoisotopic (exact) mass is 219 g/mol. The Labute approximate surface area is 97.6 Å². The van der Waals surface area contributed by atoms with Crippen LogP contribution in [0.5, 0.6) is 0 Å². The zero-order valence-electron chi connectivity index (χ0n) is 9.76. The molecule has 88 valence electrons. The summed E-state index contributed by atoms with van der Waals surface area (Å²) in [6.07, 6.45) is 1.19. The third-order valence-corrected chi connectivity index (χ3v) is 2.96. The van der Waals surface area contributed by atoms with Crippen LogP contribution in [-0.4, -0.2) is 32.7 Å². The van der Waals surface area contributed by atoms with Gasteiger partial charge in [0.05, 0.1) is 0 Å². The lowest BCUT2D eigenvalue weighted by atomic mass is 10.0. The van der Waals surface area contributed by atoms with E-state index < -0.39 is 0 Å². The van der Waals surface area contributed by atoms with Crippen LogP contribution >= 0.6 is 0 Å². The maximum absolute atomic E-state index is 3.34. The molecule has 1 aromatic rings. The van der Waals surface area contributed by atoms with E-state index in [1.807, 2.05) is 0 Å². The SMILES string of the molecule is C1CNCCN1.c1ccc2c(c1)CCNC2. The molecule has 0 atom stereocenters. The van der Waals surface area contributed by atoms with Crippen LogP contribution in [0.3, 0.4) is 0 Å². The molecule has 1 aromatic carbocycles. The van der Waals surface area contributed by atoms with Gasteiger partial charge in [0.15, 0.2) is 0 Å². The van der Waals surface area contributed by atoms with Crippen LogP contribution < -0.4 is 16.0 Å². The fourth-order valence-electron chi connectivity index (χ4n) is 2.02. The van der Waals surface area contributed by atoms with Gasteiger partial charge in [0.2, 0.25) is 0 Å². The molecule has 0 radical (unpaired) electrons. The second kappa shape index (κ2) is 6.63. The fourth-order valence-corrected chi connectivity index (χ4v) is 2.02. The second-order valence-electron chi connectivity index (χ2n) is 4.20. The summed E-state index contributed by atoms with van der Waals surface area (Å²) in [5.41, 5.74) is 2.98. The van der Waals surface area contributed by atoms with E-state index in [-0.39, 0.29) is 0 Å². The molecule has 3 nitrogen and oxygen atoms in total. The van der Waals surface area contributed by atoms with Crippen LogP contribution in [-0.2, 0) is 13.0 Å². The van der Waals surface area contributed by atoms with E-state index >= 15 is 0 Å². The predicted octanol–water partition coefficient (Wildman–Crippen LogP) is 0.511. The molecule has 0 bridgehead atoms. The van der Waals surface area contributed by atoms with Crippen LogP contribution in [0.2, 0.25) is 0 Å². The molecule has 1 saturated heterocycles. The Morgan fingerprint density at radius 2 is 1.31 bits per heavy atom. The Balaban J connectivity index is 0.000000138. The van der Waals surface area contributed by atoms with Gasteiger partial charge in [0.25, 0.3) is 0 Å². The van der Waals surface area contributed by atoms with Gasteiger partial charge in [-0.3, -0.25) is 0 Å². The summed E-state index contributed by atoms with van der Waals surface area (Å²) in [7, 11) is 0. The van der Waals surface area contributed by atoms with Crippen molar-refractivity contribution in [2.24, 2.45) is 0 Å². The van der Waals surface area contributed by atoms with E-state index in [1.54, 1.807) is 0 Å². The van der Waals surface area contributed by atoms with E-state index in [1.165, 1.54) is 17.5 Å². The van der Waals surface area contributed by atoms with Crippen molar-refractivity contribution < 1.29 is 0 Å². The van der Waals surface area contributed by atoms with Gasteiger partial charge in [0, 0.05) is 32.7 Å². The average molecular weight is 219 g/mol. The van der Waals surface area contributed by atoms with Crippen LogP contribution in [0.25, 0.3) is 0 Å². The van der Waals surface area contributed by atoms with Crippen molar-refractivity contribution in [2.75, 3.05) is 32.7 Å². The van der Waals surface area contributed by atoms with Crippen LogP contribution in [0.15, 0.2) is 24.3 Å². The van der Waals surface area contributed by atoms with Crippen molar-refractivity contribution in [2.45, 2.75) is 13.0 Å². The average Bonchev–Trinajstić information content (AvgIpc) is 2.42. The highest BCUT2D eigenvalue weighted by atomic mass is 15.0.